The molecule has 2 nitrogen and oxygen atoms in total. The van der Waals surface area contributed by atoms with E-state index in [0.717, 1.165) is 18.8 Å². The van der Waals surface area contributed by atoms with E-state index in [9.17, 15) is 4.79 Å². The maximum Gasteiger partial charge on any atom is 0.327 e. The molecule has 0 radical (unpaired) electrons. The fourth-order valence-electron chi connectivity index (χ4n) is 1.71. The molecule has 16 heavy (non-hydrogen) atoms. The molecular weight excluding hydrogens is 200 g/mol. The van der Waals surface area contributed by atoms with Crippen LogP contribution in [0.15, 0.2) is 12.2 Å². The summed E-state index contributed by atoms with van der Waals surface area (Å²) >= 11 is 0. The minimum absolute atomic E-state index is 0.834. The summed E-state index contributed by atoms with van der Waals surface area (Å²) in [5, 5.41) is 8.37. The Kier molecular flexibility index (Phi) is 10.2. The van der Waals surface area contributed by atoms with Gasteiger partial charge in [-0.3, -0.25) is 0 Å². The van der Waals surface area contributed by atoms with E-state index in [2.05, 4.69) is 13.8 Å². The number of allylic oxidation sites excluding steroid dienone is 1. The zero-order valence-corrected chi connectivity index (χ0v) is 10.7. The second kappa shape index (κ2) is 10.7. The van der Waals surface area contributed by atoms with Crippen LogP contribution in [0.25, 0.3) is 0 Å². The van der Waals surface area contributed by atoms with Crippen molar-refractivity contribution in [3.05, 3.63) is 12.2 Å². The lowest BCUT2D eigenvalue weighted by molar-refractivity contribution is -0.131. The third-order valence-corrected chi connectivity index (χ3v) is 2.66. The predicted octanol–water partition coefficient (Wildman–Crippen LogP) is 4.40. The van der Waals surface area contributed by atoms with Gasteiger partial charge in [0.25, 0.3) is 0 Å². The van der Waals surface area contributed by atoms with Gasteiger partial charge in [-0.05, 0) is 18.8 Å². The molecule has 1 N–H and O–H groups in total. The van der Waals surface area contributed by atoms with Crippen molar-refractivity contribution >= 4 is 5.97 Å². The Morgan fingerprint density at radius 2 is 1.62 bits per heavy atom. The van der Waals surface area contributed by atoms with E-state index in [0.29, 0.717) is 0 Å². The van der Waals surface area contributed by atoms with Crippen molar-refractivity contribution in [1.29, 1.82) is 0 Å². The molecule has 0 aliphatic rings. The van der Waals surface area contributed by atoms with E-state index in [1.807, 2.05) is 0 Å². The first kappa shape index (κ1) is 15.2. The molecule has 2 heteroatoms. The number of hydrogen-bond donors (Lipinski definition) is 1. The third-order valence-electron chi connectivity index (χ3n) is 2.66. The van der Waals surface area contributed by atoms with Crippen LogP contribution in [0.5, 0.6) is 0 Å². The Bertz CT molecular complexity index is 195. The number of carbonyl (C=O) groups is 1. The monoisotopic (exact) mass is 226 g/mol. The van der Waals surface area contributed by atoms with Crippen LogP contribution in [0.1, 0.15) is 65.2 Å². The van der Waals surface area contributed by atoms with Crippen molar-refractivity contribution < 1.29 is 9.90 Å². The summed E-state index contributed by atoms with van der Waals surface area (Å²) in [5.74, 6) is -0.00478. The van der Waals surface area contributed by atoms with Gasteiger partial charge in [-0.25, -0.2) is 4.79 Å². The van der Waals surface area contributed by atoms with E-state index >= 15 is 0 Å². The fraction of sp³-hybridized carbons (Fsp3) is 0.786. The smallest absolute Gasteiger partial charge is 0.327 e. The van der Waals surface area contributed by atoms with Crippen LogP contribution in [0.3, 0.4) is 0 Å². The van der Waals surface area contributed by atoms with Gasteiger partial charge in [-0.2, -0.15) is 0 Å². The quantitative estimate of drug-likeness (QED) is 0.442. The van der Waals surface area contributed by atoms with E-state index in [1.54, 1.807) is 6.08 Å². The zero-order chi connectivity index (χ0) is 12.2. The number of carboxylic acids is 1. The standard InChI is InChI=1S/C14H26O2/c1-13(2)11-9-7-5-3-4-6-8-10-12-14(15)16/h10,12-13H,3-9,11H2,1-2H3,(H,15,16)/b12-10+. The molecule has 0 aliphatic heterocycles. The highest BCUT2D eigenvalue weighted by Crippen LogP contribution is 2.11. The predicted molar refractivity (Wildman–Crippen MR) is 68.5 cm³/mol. The van der Waals surface area contributed by atoms with Gasteiger partial charge in [0.2, 0.25) is 0 Å². The van der Waals surface area contributed by atoms with Crippen LogP contribution < -0.4 is 0 Å². The van der Waals surface area contributed by atoms with Gasteiger partial charge in [0.15, 0.2) is 0 Å². The van der Waals surface area contributed by atoms with Crippen molar-refractivity contribution in [3.63, 3.8) is 0 Å². The average molecular weight is 226 g/mol. The van der Waals surface area contributed by atoms with Crippen molar-refractivity contribution in [3.8, 4) is 0 Å². The molecule has 0 unspecified atom stereocenters. The van der Waals surface area contributed by atoms with Gasteiger partial charge in [-0.1, -0.05) is 58.4 Å². The van der Waals surface area contributed by atoms with E-state index < -0.39 is 5.97 Å². The minimum Gasteiger partial charge on any atom is -0.478 e. The minimum atomic E-state index is -0.839. The number of unbranched alkanes of at least 4 members (excludes halogenated alkanes) is 6. The van der Waals surface area contributed by atoms with Crippen LogP contribution in [-0.2, 0) is 4.79 Å². The maximum atomic E-state index is 10.2. The van der Waals surface area contributed by atoms with Crippen molar-refractivity contribution in [2.75, 3.05) is 0 Å². The third kappa shape index (κ3) is 13.2. The highest BCUT2D eigenvalue weighted by Gasteiger charge is 1.94. The summed E-state index contributed by atoms with van der Waals surface area (Å²) in [5.41, 5.74) is 0. The topological polar surface area (TPSA) is 37.3 Å². The second-order valence-electron chi connectivity index (χ2n) is 4.83. The van der Waals surface area contributed by atoms with Gasteiger partial charge >= 0.3 is 5.97 Å². The number of hydrogen-bond acceptors (Lipinski definition) is 1. The second-order valence-corrected chi connectivity index (χ2v) is 4.83. The molecule has 0 aromatic heterocycles. The first-order valence-electron chi connectivity index (χ1n) is 6.52. The van der Waals surface area contributed by atoms with Crippen molar-refractivity contribution in [2.45, 2.75) is 65.2 Å². The molecular formula is C14H26O2. The number of carboxylic acid groups (broad SMARTS) is 1. The lowest BCUT2D eigenvalue weighted by atomic mass is 10.0. The highest BCUT2D eigenvalue weighted by molar-refractivity contribution is 5.79. The first-order chi connectivity index (χ1) is 7.63. The molecule has 0 saturated carbocycles. The first-order valence-corrected chi connectivity index (χ1v) is 6.52. The average Bonchev–Trinajstić information content (AvgIpc) is 2.20. The summed E-state index contributed by atoms with van der Waals surface area (Å²) in [6.45, 7) is 4.55. The molecule has 0 aromatic carbocycles. The maximum absolute atomic E-state index is 10.2. The molecule has 0 aliphatic carbocycles. The Morgan fingerprint density at radius 3 is 2.19 bits per heavy atom. The summed E-state index contributed by atoms with van der Waals surface area (Å²) < 4.78 is 0. The van der Waals surface area contributed by atoms with Crippen LogP contribution >= 0.6 is 0 Å². The Morgan fingerprint density at radius 1 is 1.06 bits per heavy atom. The molecule has 0 heterocycles. The Balaban J connectivity index is 3.07. The molecule has 0 amide bonds. The highest BCUT2D eigenvalue weighted by atomic mass is 16.4. The molecule has 0 bridgehead atoms. The Hall–Kier alpha value is -0.790. The van der Waals surface area contributed by atoms with Crippen molar-refractivity contribution in [1.82, 2.24) is 0 Å². The summed E-state index contributed by atoms with van der Waals surface area (Å²) in [7, 11) is 0. The largest absolute Gasteiger partial charge is 0.478 e. The van der Waals surface area contributed by atoms with Crippen LogP contribution in [0.4, 0.5) is 0 Å². The van der Waals surface area contributed by atoms with Crippen LogP contribution in [-0.4, -0.2) is 11.1 Å². The van der Waals surface area contributed by atoms with Gasteiger partial charge in [0.1, 0.15) is 0 Å². The summed E-state index contributed by atoms with van der Waals surface area (Å²) in [6.07, 6.45) is 12.9. The number of aliphatic carboxylic acids is 1. The molecule has 0 spiro atoms. The fourth-order valence-corrected chi connectivity index (χ4v) is 1.71. The lowest BCUT2D eigenvalue weighted by Crippen LogP contribution is -1.87. The molecule has 0 atom stereocenters. The van der Waals surface area contributed by atoms with Gasteiger partial charge in [0.05, 0.1) is 0 Å². The Labute approximate surface area is 99.7 Å². The summed E-state index contributed by atoms with van der Waals surface area (Å²) in [6, 6.07) is 0. The van der Waals surface area contributed by atoms with E-state index in [4.69, 9.17) is 5.11 Å². The molecule has 0 aromatic rings. The van der Waals surface area contributed by atoms with Gasteiger partial charge in [0, 0.05) is 6.08 Å². The molecule has 94 valence electrons. The summed E-state index contributed by atoms with van der Waals surface area (Å²) in [4.78, 5) is 10.2. The zero-order valence-electron chi connectivity index (χ0n) is 10.7. The normalized spacial score (nSPS) is 11.4. The number of rotatable bonds is 10. The molecule has 0 saturated heterocycles. The molecule has 0 fully saturated rings. The van der Waals surface area contributed by atoms with E-state index in [-0.39, 0.29) is 0 Å². The van der Waals surface area contributed by atoms with Gasteiger partial charge < -0.3 is 5.11 Å². The van der Waals surface area contributed by atoms with Crippen LogP contribution in [0, 0.1) is 5.92 Å². The van der Waals surface area contributed by atoms with E-state index in [1.165, 1.54) is 44.6 Å². The molecule has 0 rings (SSSR count). The van der Waals surface area contributed by atoms with Gasteiger partial charge in [-0.15, -0.1) is 0 Å². The SMILES string of the molecule is CC(C)CCCCCCCC/C=C/C(=O)O. The lowest BCUT2D eigenvalue weighted by Gasteiger charge is -2.03. The van der Waals surface area contributed by atoms with Crippen LogP contribution in [0.2, 0.25) is 0 Å². The van der Waals surface area contributed by atoms with Crippen molar-refractivity contribution in [2.24, 2.45) is 5.92 Å².